The predicted octanol–water partition coefficient (Wildman–Crippen LogP) is 15.5. The van der Waals surface area contributed by atoms with Crippen LogP contribution in [0.3, 0.4) is 0 Å². The summed E-state index contributed by atoms with van der Waals surface area (Å²) in [6.07, 6.45) is -11.4. The maximum absolute atomic E-state index is 9.20. The van der Waals surface area contributed by atoms with Gasteiger partial charge in [-0.1, -0.05) is 164 Å². The van der Waals surface area contributed by atoms with Crippen molar-refractivity contribution in [1.29, 1.82) is 0 Å². The fourth-order valence-electron chi connectivity index (χ4n) is 9.31. The van der Waals surface area contributed by atoms with E-state index in [2.05, 4.69) is 273 Å². The van der Waals surface area contributed by atoms with Crippen molar-refractivity contribution in [3.05, 3.63) is 273 Å². The van der Waals surface area contributed by atoms with Gasteiger partial charge in [-0.2, -0.15) is 0 Å². The van der Waals surface area contributed by atoms with E-state index in [1.165, 1.54) is 0 Å². The maximum Gasteiger partial charge on any atom is 0.324 e. The van der Waals surface area contributed by atoms with Gasteiger partial charge in [0.2, 0.25) is 0 Å². The lowest BCUT2D eigenvalue weighted by atomic mass is 10.4. The van der Waals surface area contributed by atoms with Crippen molar-refractivity contribution in [2.24, 2.45) is 13.5 Å². The molecule has 9 aromatic carbocycles. The zero-order chi connectivity index (χ0) is 45.1. The minimum Gasteiger partial charge on any atom is -0.142 e. The molecule has 324 valence electrons. The first-order valence-electron chi connectivity index (χ1n) is 21.5. The molecule has 0 unspecified atom stereocenters. The number of hydrogen-bond donors (Lipinski definition) is 0. The van der Waals surface area contributed by atoms with Crippen LogP contribution in [0.2, 0.25) is 0 Å². The number of nitrogens with zero attached hydrogens (tertiary/aromatic N) is 3. The number of hydrogen-bond acceptors (Lipinski definition) is 3. The summed E-state index contributed by atoms with van der Waals surface area (Å²) in [5.74, 6) is 0. The molecule has 0 aliphatic carbocycles. The van der Waals surface area contributed by atoms with Crippen molar-refractivity contribution in [3.63, 3.8) is 0 Å². The monoisotopic (exact) mass is 1030 g/mol. The molecule has 0 saturated carbocycles. The average Bonchev–Trinajstić information content (AvgIpc) is 3.37. The third-order valence-corrected chi connectivity index (χ3v) is 56.4. The van der Waals surface area contributed by atoms with Crippen LogP contribution < -0.4 is 47.7 Å². The minimum absolute atomic E-state index is 1.05. The molecule has 0 radical (unpaired) electrons. The zero-order valence-electron chi connectivity index (χ0n) is 35.6. The standard InChI is InChI=1S/C54H45Cl3N3P6/c55-64(61(46-28-10-1-11-29-46,47-30-12-2-13-31-47)48-32-14-3-15-33-48)58-65(56,62(49-34-16-4-17-35-49,50-36-18-5-19-37-50)51-38-20-6-21-39-51)60-66(57,59-64)63(52-40-22-7-23-41-52,53-42-24-8-25-43-53)54-44-26-9-27-45-54/h1-45H/q+3. The Morgan fingerprint density at radius 1 is 0.197 bits per heavy atom. The van der Waals surface area contributed by atoms with E-state index in [0.29, 0.717) is 0 Å². The van der Waals surface area contributed by atoms with Gasteiger partial charge in [0, 0.05) is 0 Å². The van der Waals surface area contributed by atoms with E-state index in [0.717, 1.165) is 47.7 Å². The molecule has 10 rings (SSSR count). The average molecular weight is 1030 g/mol. The highest BCUT2D eigenvalue weighted by Crippen LogP contribution is 3.10. The first kappa shape index (κ1) is 45.6. The molecule has 9 aromatic rings. The Balaban J connectivity index is 1.53. The van der Waals surface area contributed by atoms with Gasteiger partial charge < -0.3 is 0 Å². The van der Waals surface area contributed by atoms with E-state index >= 15 is 0 Å². The summed E-state index contributed by atoms with van der Waals surface area (Å²) >= 11 is 27.6. The molecule has 0 atom stereocenters. The quantitative estimate of drug-likeness (QED) is 0.109. The lowest BCUT2D eigenvalue weighted by molar-refractivity contribution is 1.71. The molecule has 0 saturated heterocycles. The van der Waals surface area contributed by atoms with Crippen molar-refractivity contribution in [3.8, 4) is 0 Å². The predicted molar refractivity (Wildman–Crippen MR) is 301 cm³/mol. The normalized spacial score (nSPS) is 19.7. The Kier molecular flexibility index (Phi) is 13.2. The van der Waals surface area contributed by atoms with Gasteiger partial charge in [0.15, 0.2) is 20.9 Å². The number of benzene rings is 9. The van der Waals surface area contributed by atoms with E-state index in [4.69, 9.17) is 13.5 Å². The smallest absolute Gasteiger partial charge is 0.142 e. The van der Waals surface area contributed by atoms with Crippen molar-refractivity contribution in [2.75, 3.05) is 0 Å². The fourth-order valence-corrected chi connectivity index (χ4v) is 69.6. The van der Waals surface area contributed by atoms with Gasteiger partial charge in [-0.25, -0.2) is 0 Å². The van der Waals surface area contributed by atoms with Crippen LogP contribution in [0, 0.1) is 0 Å². The molecule has 0 bridgehead atoms. The molecule has 66 heavy (non-hydrogen) atoms. The van der Waals surface area contributed by atoms with Gasteiger partial charge in [-0.15, -0.1) is 13.5 Å². The Hall–Kier alpha value is -4.17. The van der Waals surface area contributed by atoms with Crippen LogP contribution in [0.15, 0.2) is 287 Å². The van der Waals surface area contributed by atoms with Gasteiger partial charge >= 0.3 is 18.7 Å². The van der Waals surface area contributed by atoms with Gasteiger partial charge in [-0.3, -0.25) is 0 Å². The Morgan fingerprint density at radius 3 is 0.409 bits per heavy atom. The maximum atomic E-state index is 9.20. The topological polar surface area (TPSA) is 37.1 Å². The summed E-state index contributed by atoms with van der Waals surface area (Å²) in [6, 6.07) is 96.1. The second-order valence-corrected chi connectivity index (χ2v) is 46.0. The van der Waals surface area contributed by atoms with Crippen molar-refractivity contribution in [1.82, 2.24) is 0 Å². The zero-order valence-corrected chi connectivity index (χ0v) is 43.3. The van der Waals surface area contributed by atoms with Crippen molar-refractivity contribution >= 4 is 121 Å². The molecule has 0 spiro atoms. The first-order chi connectivity index (χ1) is 32.3. The van der Waals surface area contributed by atoms with Gasteiger partial charge in [0.1, 0.15) is 47.7 Å². The summed E-state index contributed by atoms with van der Waals surface area (Å²) in [5.41, 5.74) is 0. The summed E-state index contributed by atoms with van der Waals surface area (Å²) in [5, 5.41) is 9.48. The van der Waals surface area contributed by atoms with Crippen LogP contribution in [-0.2, 0) is 0 Å². The van der Waals surface area contributed by atoms with Crippen LogP contribution in [0.5, 0.6) is 0 Å². The fraction of sp³-hybridized carbons (Fsp3) is 0. The van der Waals surface area contributed by atoms with Gasteiger partial charge in [-0.05, 0) is 143 Å². The summed E-state index contributed by atoms with van der Waals surface area (Å²) < 4.78 is 19.0. The third kappa shape index (κ3) is 7.44. The van der Waals surface area contributed by atoms with Gasteiger partial charge in [0.25, 0.3) is 0 Å². The van der Waals surface area contributed by atoms with Crippen LogP contribution in [-0.4, -0.2) is 0 Å². The van der Waals surface area contributed by atoms with Gasteiger partial charge in [0.05, 0.1) is 0 Å². The molecule has 0 aromatic heterocycles. The second-order valence-electron chi connectivity index (χ2n) is 15.7. The molecule has 1 heterocycles. The van der Waals surface area contributed by atoms with E-state index in [1.54, 1.807) is 0 Å². The SMILES string of the molecule is ClP1([P+](c2ccccc2)(c2ccccc2)c2ccccc2)=NP(Cl)([P+](c2ccccc2)(c2ccccc2)c2ccccc2)=NP(Cl)([P+](c2ccccc2)(c2ccccc2)c2ccccc2)=N1. The highest BCUT2D eigenvalue weighted by atomic mass is 35.7. The highest BCUT2D eigenvalue weighted by molar-refractivity contribution is 8.69. The Morgan fingerprint density at radius 2 is 0.303 bits per heavy atom. The first-order valence-corrected chi connectivity index (χ1v) is 36.8. The molecule has 0 N–H and O–H groups in total. The number of halogens is 3. The molecular formula is C54H45Cl3N3P6+3. The molecular weight excluding hydrogens is 983 g/mol. The lowest BCUT2D eigenvalue weighted by Gasteiger charge is -2.41. The molecule has 12 heteroatoms. The molecule has 1 aliphatic rings. The van der Waals surface area contributed by atoms with E-state index < -0.39 is 39.6 Å². The van der Waals surface area contributed by atoms with Crippen molar-refractivity contribution in [2.45, 2.75) is 0 Å². The van der Waals surface area contributed by atoms with E-state index in [1.807, 2.05) is 0 Å². The third-order valence-electron chi connectivity index (χ3n) is 12.0. The van der Waals surface area contributed by atoms with E-state index in [-0.39, 0.29) is 0 Å². The number of rotatable bonds is 12. The molecule has 0 amide bonds. The highest BCUT2D eigenvalue weighted by Gasteiger charge is 2.72. The molecule has 1 aliphatic heterocycles. The summed E-state index contributed by atoms with van der Waals surface area (Å²) in [7, 11) is 0. The van der Waals surface area contributed by atoms with Crippen LogP contribution in [0.4, 0.5) is 0 Å². The lowest BCUT2D eigenvalue weighted by Crippen LogP contribution is -2.32. The largest absolute Gasteiger partial charge is 0.324 e. The Labute approximate surface area is 404 Å². The minimum atomic E-state index is -3.80. The molecule has 3 nitrogen and oxygen atoms in total. The summed E-state index contributed by atoms with van der Waals surface area (Å²) in [4.78, 5) is 0. The second kappa shape index (κ2) is 19.1. The van der Waals surface area contributed by atoms with E-state index in [9.17, 15) is 33.7 Å². The van der Waals surface area contributed by atoms with Crippen LogP contribution in [0.25, 0.3) is 0 Å². The van der Waals surface area contributed by atoms with Crippen molar-refractivity contribution < 1.29 is 0 Å². The summed E-state index contributed by atoms with van der Waals surface area (Å²) in [6.45, 7) is -9.55. The molecule has 0 fully saturated rings. The van der Waals surface area contributed by atoms with Crippen LogP contribution >= 0.6 is 73.3 Å². The Bertz CT molecular complexity index is 2590. The van der Waals surface area contributed by atoms with Crippen LogP contribution in [0.1, 0.15) is 0 Å².